The van der Waals surface area contributed by atoms with E-state index in [0.29, 0.717) is 28.5 Å². The summed E-state index contributed by atoms with van der Waals surface area (Å²) in [4.78, 5) is 24.3. The van der Waals surface area contributed by atoms with Crippen LogP contribution in [0.15, 0.2) is 48.5 Å². The van der Waals surface area contributed by atoms with Gasteiger partial charge in [-0.3, -0.25) is 20.4 Å². The largest absolute Gasteiger partial charge is 0.362 e. The van der Waals surface area contributed by atoms with Crippen LogP contribution in [0.25, 0.3) is 0 Å². The highest BCUT2D eigenvalue weighted by Crippen LogP contribution is 2.13. The van der Waals surface area contributed by atoms with Crippen LogP contribution in [0.4, 0.5) is 5.69 Å². The number of carbonyl (C=O) groups is 2. The number of hydrogen-bond donors (Lipinski definition) is 4. The molecule has 0 atom stereocenters. The van der Waals surface area contributed by atoms with Crippen LogP contribution in [0, 0.1) is 6.92 Å². The molecule has 7 heteroatoms. The number of anilines is 1. The molecule has 0 radical (unpaired) electrons. The van der Waals surface area contributed by atoms with Crippen LogP contribution in [0.1, 0.15) is 33.2 Å². The fraction of sp³-hybridized carbons (Fsp3) is 0.167. The van der Waals surface area contributed by atoms with E-state index in [1.54, 1.807) is 30.3 Å². The van der Waals surface area contributed by atoms with E-state index in [4.69, 9.17) is 12.2 Å². The standard InChI is InChI=1S/C18H20N4O2S/c1-3-19-18(25)22-21-16(23)13-8-10-14(11-9-13)20-17(24)15-7-5-4-6-12(15)2/h4-11H,3H2,1-2H3,(H,20,24)(H,21,23)(H2,19,22,25). The van der Waals surface area contributed by atoms with Crippen LogP contribution in [-0.4, -0.2) is 23.5 Å². The molecule has 0 aliphatic carbocycles. The predicted octanol–water partition coefficient (Wildman–Crippen LogP) is 2.38. The van der Waals surface area contributed by atoms with Crippen molar-refractivity contribution in [2.75, 3.05) is 11.9 Å². The maximum absolute atomic E-state index is 12.3. The van der Waals surface area contributed by atoms with Gasteiger partial charge < -0.3 is 10.6 Å². The van der Waals surface area contributed by atoms with Crippen molar-refractivity contribution in [3.8, 4) is 0 Å². The number of aryl methyl sites for hydroxylation is 1. The van der Waals surface area contributed by atoms with Crippen molar-refractivity contribution < 1.29 is 9.59 Å². The van der Waals surface area contributed by atoms with Crippen LogP contribution in [0.3, 0.4) is 0 Å². The van der Waals surface area contributed by atoms with Gasteiger partial charge in [-0.25, -0.2) is 0 Å². The van der Waals surface area contributed by atoms with Crippen molar-refractivity contribution in [2.45, 2.75) is 13.8 Å². The molecule has 130 valence electrons. The van der Waals surface area contributed by atoms with Gasteiger partial charge in [-0.05, 0) is 62.0 Å². The quantitative estimate of drug-likeness (QED) is 0.499. The Balaban J connectivity index is 1.95. The highest BCUT2D eigenvalue weighted by atomic mass is 32.1. The minimum Gasteiger partial charge on any atom is -0.362 e. The fourth-order valence-electron chi connectivity index (χ4n) is 2.12. The van der Waals surface area contributed by atoms with E-state index in [1.165, 1.54) is 0 Å². The normalized spacial score (nSPS) is 9.84. The summed E-state index contributed by atoms with van der Waals surface area (Å²) >= 11 is 4.96. The lowest BCUT2D eigenvalue weighted by Gasteiger charge is -2.11. The molecular weight excluding hydrogens is 336 g/mol. The van der Waals surface area contributed by atoms with Gasteiger partial charge in [-0.1, -0.05) is 18.2 Å². The summed E-state index contributed by atoms with van der Waals surface area (Å²) in [6.45, 7) is 4.45. The van der Waals surface area contributed by atoms with Crippen molar-refractivity contribution in [1.82, 2.24) is 16.2 Å². The molecule has 25 heavy (non-hydrogen) atoms. The number of carbonyl (C=O) groups excluding carboxylic acids is 2. The highest BCUT2D eigenvalue weighted by Gasteiger charge is 2.10. The zero-order valence-electron chi connectivity index (χ0n) is 14.1. The number of nitrogens with one attached hydrogen (secondary N) is 4. The summed E-state index contributed by atoms with van der Waals surface area (Å²) in [7, 11) is 0. The maximum atomic E-state index is 12.3. The second kappa shape index (κ2) is 8.79. The van der Waals surface area contributed by atoms with Crippen LogP contribution < -0.4 is 21.5 Å². The Morgan fingerprint density at radius 2 is 1.64 bits per heavy atom. The molecule has 2 aromatic rings. The summed E-state index contributed by atoms with van der Waals surface area (Å²) < 4.78 is 0. The van der Waals surface area contributed by atoms with Gasteiger partial charge in [-0.2, -0.15) is 0 Å². The molecule has 2 aromatic carbocycles. The topological polar surface area (TPSA) is 82.3 Å². The molecule has 0 fully saturated rings. The van der Waals surface area contributed by atoms with Gasteiger partial charge in [0.1, 0.15) is 0 Å². The molecule has 2 amide bonds. The Morgan fingerprint density at radius 3 is 2.28 bits per heavy atom. The van der Waals surface area contributed by atoms with Gasteiger partial charge in [0.15, 0.2) is 5.11 Å². The first-order chi connectivity index (χ1) is 12.0. The van der Waals surface area contributed by atoms with Crippen LogP contribution in [-0.2, 0) is 0 Å². The summed E-state index contributed by atoms with van der Waals surface area (Å²) in [6, 6.07) is 14.0. The number of amides is 2. The Bertz CT molecular complexity index is 775. The summed E-state index contributed by atoms with van der Waals surface area (Å²) in [6.07, 6.45) is 0. The first kappa shape index (κ1) is 18.4. The van der Waals surface area contributed by atoms with E-state index < -0.39 is 0 Å². The van der Waals surface area contributed by atoms with Crippen molar-refractivity contribution in [3.05, 3.63) is 65.2 Å². The molecule has 0 aliphatic heterocycles. The lowest BCUT2D eigenvalue weighted by Crippen LogP contribution is -2.46. The van der Waals surface area contributed by atoms with Crippen LogP contribution in [0.2, 0.25) is 0 Å². The molecule has 0 spiro atoms. The minimum absolute atomic E-state index is 0.187. The average Bonchev–Trinajstić information content (AvgIpc) is 2.61. The van der Waals surface area contributed by atoms with Crippen LogP contribution >= 0.6 is 12.2 Å². The van der Waals surface area contributed by atoms with Gasteiger partial charge in [0.2, 0.25) is 0 Å². The maximum Gasteiger partial charge on any atom is 0.269 e. The summed E-state index contributed by atoms with van der Waals surface area (Å²) in [5.74, 6) is -0.509. The van der Waals surface area contributed by atoms with E-state index in [-0.39, 0.29) is 11.8 Å². The van der Waals surface area contributed by atoms with Crippen LogP contribution in [0.5, 0.6) is 0 Å². The van der Waals surface area contributed by atoms with Crippen molar-refractivity contribution in [1.29, 1.82) is 0 Å². The predicted molar refractivity (Wildman–Crippen MR) is 102 cm³/mol. The molecule has 0 saturated carbocycles. The third-order valence-electron chi connectivity index (χ3n) is 3.42. The first-order valence-corrected chi connectivity index (χ1v) is 8.23. The molecule has 4 N–H and O–H groups in total. The van der Waals surface area contributed by atoms with E-state index >= 15 is 0 Å². The molecule has 0 saturated heterocycles. The monoisotopic (exact) mass is 356 g/mol. The number of hydrogen-bond acceptors (Lipinski definition) is 3. The number of benzene rings is 2. The Hall–Kier alpha value is -2.93. The molecule has 2 rings (SSSR count). The molecule has 0 heterocycles. The zero-order chi connectivity index (χ0) is 18.2. The average molecular weight is 356 g/mol. The first-order valence-electron chi connectivity index (χ1n) is 7.82. The Labute approximate surface area is 152 Å². The molecule has 6 nitrogen and oxygen atoms in total. The lowest BCUT2D eigenvalue weighted by molar-refractivity contribution is 0.0943. The van der Waals surface area contributed by atoms with E-state index in [2.05, 4.69) is 21.5 Å². The van der Waals surface area contributed by atoms with Gasteiger partial charge in [0.05, 0.1) is 0 Å². The minimum atomic E-state index is -0.322. The third-order valence-corrected chi connectivity index (χ3v) is 3.67. The van der Waals surface area contributed by atoms with E-state index in [0.717, 1.165) is 5.56 Å². The zero-order valence-corrected chi connectivity index (χ0v) is 14.9. The lowest BCUT2D eigenvalue weighted by atomic mass is 10.1. The molecule has 0 unspecified atom stereocenters. The number of thiocarbonyl (C=S) groups is 1. The number of hydrazine groups is 1. The third kappa shape index (κ3) is 5.29. The second-order valence-corrected chi connectivity index (χ2v) is 5.69. The summed E-state index contributed by atoms with van der Waals surface area (Å²) in [5.41, 5.74) is 7.68. The summed E-state index contributed by atoms with van der Waals surface area (Å²) in [5, 5.41) is 6.02. The highest BCUT2D eigenvalue weighted by molar-refractivity contribution is 7.80. The van der Waals surface area contributed by atoms with Crippen molar-refractivity contribution in [2.24, 2.45) is 0 Å². The fourth-order valence-corrected chi connectivity index (χ4v) is 2.32. The molecule has 0 bridgehead atoms. The Morgan fingerprint density at radius 1 is 0.960 bits per heavy atom. The van der Waals surface area contributed by atoms with Crippen molar-refractivity contribution in [3.63, 3.8) is 0 Å². The molecule has 0 aliphatic rings. The van der Waals surface area contributed by atoms with Gasteiger partial charge in [0, 0.05) is 23.4 Å². The van der Waals surface area contributed by atoms with Gasteiger partial charge in [0.25, 0.3) is 11.8 Å². The smallest absolute Gasteiger partial charge is 0.269 e. The molecular formula is C18H20N4O2S. The van der Waals surface area contributed by atoms with E-state index in [9.17, 15) is 9.59 Å². The van der Waals surface area contributed by atoms with Gasteiger partial charge >= 0.3 is 0 Å². The SMILES string of the molecule is CCNC(=S)NNC(=O)c1ccc(NC(=O)c2ccccc2C)cc1. The van der Waals surface area contributed by atoms with E-state index in [1.807, 2.05) is 32.0 Å². The Kier molecular flexibility index (Phi) is 6.47. The second-order valence-electron chi connectivity index (χ2n) is 5.28. The molecule has 0 aromatic heterocycles. The number of rotatable bonds is 4. The van der Waals surface area contributed by atoms with Gasteiger partial charge in [-0.15, -0.1) is 0 Å². The van der Waals surface area contributed by atoms with Crippen molar-refractivity contribution >= 4 is 34.8 Å².